The summed E-state index contributed by atoms with van der Waals surface area (Å²) in [6, 6.07) is 14.7. The maximum atomic E-state index is 12.8. The van der Waals surface area contributed by atoms with E-state index in [0.29, 0.717) is 6.54 Å². The Labute approximate surface area is 141 Å². The van der Waals surface area contributed by atoms with Gasteiger partial charge in [-0.25, -0.2) is 4.79 Å². The zero-order valence-corrected chi connectivity index (χ0v) is 13.7. The number of carboxylic acids is 1. The molecule has 0 aliphatic heterocycles. The maximum Gasteiger partial charge on any atom is 0.335 e. The highest BCUT2D eigenvalue weighted by molar-refractivity contribution is 5.89. The van der Waals surface area contributed by atoms with Gasteiger partial charge in [0.2, 0.25) is 5.91 Å². The predicted molar refractivity (Wildman–Crippen MR) is 92.0 cm³/mol. The van der Waals surface area contributed by atoms with E-state index in [1.54, 1.807) is 24.3 Å². The fourth-order valence-electron chi connectivity index (χ4n) is 3.42. The topological polar surface area (TPSA) is 66.4 Å². The minimum Gasteiger partial charge on any atom is -0.478 e. The van der Waals surface area contributed by atoms with E-state index in [2.05, 4.69) is 17.4 Å². The van der Waals surface area contributed by atoms with Crippen LogP contribution in [0, 0.1) is 0 Å². The van der Waals surface area contributed by atoms with Gasteiger partial charge in [-0.3, -0.25) is 4.79 Å². The van der Waals surface area contributed by atoms with Gasteiger partial charge in [-0.15, -0.1) is 0 Å². The number of aryl methyl sites for hydroxylation is 1. The van der Waals surface area contributed by atoms with Crippen molar-refractivity contribution in [2.75, 3.05) is 0 Å². The van der Waals surface area contributed by atoms with Crippen LogP contribution in [0.2, 0.25) is 0 Å². The molecule has 0 spiro atoms. The Hall–Kier alpha value is -2.62. The van der Waals surface area contributed by atoms with Gasteiger partial charge in [0.05, 0.1) is 11.0 Å². The highest BCUT2D eigenvalue weighted by atomic mass is 16.4. The molecule has 0 fully saturated rings. The zero-order valence-electron chi connectivity index (χ0n) is 13.7. The van der Waals surface area contributed by atoms with Crippen molar-refractivity contribution in [2.45, 2.75) is 38.1 Å². The average Bonchev–Trinajstić information content (AvgIpc) is 2.60. The molecule has 4 heteroatoms. The van der Waals surface area contributed by atoms with Crippen molar-refractivity contribution < 1.29 is 14.7 Å². The molecule has 1 unspecified atom stereocenters. The number of benzene rings is 2. The Morgan fingerprint density at radius 3 is 2.54 bits per heavy atom. The molecule has 2 aromatic carbocycles. The summed E-state index contributed by atoms with van der Waals surface area (Å²) in [5.41, 5.74) is 3.01. The summed E-state index contributed by atoms with van der Waals surface area (Å²) < 4.78 is 0. The minimum atomic E-state index is -0.947. The first-order valence-electron chi connectivity index (χ1n) is 8.19. The second kappa shape index (κ2) is 6.48. The third-order valence-electron chi connectivity index (χ3n) is 4.89. The van der Waals surface area contributed by atoms with Gasteiger partial charge in [-0.2, -0.15) is 0 Å². The summed E-state index contributed by atoms with van der Waals surface area (Å²) in [7, 11) is 0. The van der Waals surface area contributed by atoms with E-state index in [9.17, 15) is 9.59 Å². The van der Waals surface area contributed by atoms with Gasteiger partial charge in [-0.1, -0.05) is 36.4 Å². The molecule has 0 heterocycles. The number of hydrogen-bond donors (Lipinski definition) is 2. The van der Waals surface area contributed by atoms with E-state index in [-0.39, 0.29) is 11.5 Å². The fourth-order valence-corrected chi connectivity index (χ4v) is 3.42. The van der Waals surface area contributed by atoms with Gasteiger partial charge >= 0.3 is 5.97 Å². The van der Waals surface area contributed by atoms with E-state index < -0.39 is 11.4 Å². The molecule has 3 rings (SSSR count). The lowest BCUT2D eigenvalue weighted by molar-refractivity contribution is -0.126. The van der Waals surface area contributed by atoms with Gasteiger partial charge in [0.25, 0.3) is 0 Å². The lowest BCUT2D eigenvalue weighted by Crippen LogP contribution is -2.44. The molecule has 1 aliphatic carbocycles. The average molecular weight is 323 g/mol. The van der Waals surface area contributed by atoms with Crippen molar-refractivity contribution in [2.24, 2.45) is 0 Å². The number of carbonyl (C=O) groups is 2. The van der Waals surface area contributed by atoms with E-state index >= 15 is 0 Å². The van der Waals surface area contributed by atoms with Crippen LogP contribution in [0.4, 0.5) is 0 Å². The van der Waals surface area contributed by atoms with Gasteiger partial charge in [0.15, 0.2) is 0 Å². The summed E-state index contributed by atoms with van der Waals surface area (Å²) in [4.78, 5) is 23.7. The molecular weight excluding hydrogens is 302 g/mol. The number of hydrogen-bond acceptors (Lipinski definition) is 2. The number of fused-ring (bicyclic) bond motifs is 1. The Morgan fingerprint density at radius 2 is 1.83 bits per heavy atom. The Bertz CT molecular complexity index is 767. The number of aromatic carboxylic acids is 1. The van der Waals surface area contributed by atoms with Crippen molar-refractivity contribution in [3.05, 3.63) is 70.8 Å². The zero-order chi connectivity index (χ0) is 17.2. The Balaban J connectivity index is 1.72. The molecule has 0 bridgehead atoms. The van der Waals surface area contributed by atoms with Gasteiger partial charge in [-0.05, 0) is 55.0 Å². The quantitative estimate of drug-likeness (QED) is 0.907. The van der Waals surface area contributed by atoms with Crippen LogP contribution < -0.4 is 5.32 Å². The predicted octanol–water partition coefficient (Wildman–Crippen LogP) is 3.30. The number of rotatable bonds is 4. The van der Waals surface area contributed by atoms with Crippen LogP contribution in [-0.4, -0.2) is 17.0 Å². The molecule has 0 saturated carbocycles. The van der Waals surface area contributed by atoms with Crippen LogP contribution in [0.3, 0.4) is 0 Å². The van der Waals surface area contributed by atoms with Crippen molar-refractivity contribution >= 4 is 11.9 Å². The van der Waals surface area contributed by atoms with Crippen LogP contribution in [0.5, 0.6) is 0 Å². The van der Waals surface area contributed by atoms with Crippen molar-refractivity contribution in [1.82, 2.24) is 5.32 Å². The van der Waals surface area contributed by atoms with Crippen molar-refractivity contribution in [1.29, 1.82) is 0 Å². The number of carboxylic acid groups (broad SMARTS) is 1. The molecular formula is C20H21NO3. The molecule has 1 aliphatic rings. The number of amides is 1. The van der Waals surface area contributed by atoms with Crippen LogP contribution in [0.15, 0.2) is 48.5 Å². The van der Waals surface area contributed by atoms with Crippen molar-refractivity contribution in [3.63, 3.8) is 0 Å². The van der Waals surface area contributed by atoms with Crippen molar-refractivity contribution in [3.8, 4) is 0 Å². The number of nitrogens with one attached hydrogen (secondary N) is 1. The summed E-state index contributed by atoms with van der Waals surface area (Å²) in [5.74, 6) is -0.922. The number of carbonyl (C=O) groups excluding carboxylic acids is 1. The standard InChI is InChI=1S/C20H21NO3/c1-20(12-4-6-15-5-2-3-7-17(15)20)19(24)21-13-14-8-10-16(11-9-14)18(22)23/h2-3,5,7-11H,4,6,12-13H2,1H3,(H,21,24)(H,22,23). The summed E-state index contributed by atoms with van der Waals surface area (Å²) in [6.07, 6.45) is 2.87. The first kappa shape index (κ1) is 16.2. The Kier molecular flexibility index (Phi) is 4.38. The lowest BCUT2D eigenvalue weighted by atomic mass is 9.70. The molecule has 2 aromatic rings. The monoisotopic (exact) mass is 323 g/mol. The molecule has 0 radical (unpaired) electrons. The molecule has 0 saturated heterocycles. The largest absolute Gasteiger partial charge is 0.478 e. The molecule has 1 atom stereocenters. The van der Waals surface area contributed by atoms with Crippen LogP contribution in [0.1, 0.15) is 46.8 Å². The highest BCUT2D eigenvalue weighted by Gasteiger charge is 2.38. The Morgan fingerprint density at radius 1 is 1.12 bits per heavy atom. The normalized spacial score (nSPS) is 19.4. The smallest absolute Gasteiger partial charge is 0.335 e. The van der Waals surface area contributed by atoms with E-state index in [1.807, 2.05) is 19.1 Å². The minimum absolute atomic E-state index is 0.0250. The van der Waals surface area contributed by atoms with E-state index in [1.165, 1.54) is 5.56 Å². The van der Waals surface area contributed by atoms with E-state index in [0.717, 1.165) is 30.4 Å². The summed E-state index contributed by atoms with van der Waals surface area (Å²) >= 11 is 0. The van der Waals surface area contributed by atoms with Crippen LogP contribution in [-0.2, 0) is 23.2 Å². The summed E-state index contributed by atoms with van der Waals surface area (Å²) in [5, 5.41) is 11.9. The van der Waals surface area contributed by atoms with Crippen LogP contribution in [0.25, 0.3) is 0 Å². The molecule has 124 valence electrons. The molecule has 4 nitrogen and oxygen atoms in total. The SMILES string of the molecule is CC1(C(=O)NCc2ccc(C(=O)O)cc2)CCCc2ccccc21. The lowest BCUT2D eigenvalue weighted by Gasteiger charge is -2.34. The highest BCUT2D eigenvalue weighted by Crippen LogP contribution is 2.37. The second-order valence-electron chi connectivity index (χ2n) is 6.53. The maximum absolute atomic E-state index is 12.8. The molecule has 24 heavy (non-hydrogen) atoms. The molecule has 0 aromatic heterocycles. The van der Waals surface area contributed by atoms with Crippen LogP contribution >= 0.6 is 0 Å². The molecule has 2 N–H and O–H groups in total. The third kappa shape index (κ3) is 3.04. The fraction of sp³-hybridized carbons (Fsp3) is 0.300. The summed E-state index contributed by atoms with van der Waals surface area (Å²) in [6.45, 7) is 2.41. The van der Waals surface area contributed by atoms with E-state index in [4.69, 9.17) is 5.11 Å². The third-order valence-corrected chi connectivity index (χ3v) is 4.89. The van der Waals surface area contributed by atoms with Gasteiger partial charge in [0, 0.05) is 6.54 Å². The van der Waals surface area contributed by atoms with Gasteiger partial charge < -0.3 is 10.4 Å². The molecule has 1 amide bonds. The first-order valence-corrected chi connectivity index (χ1v) is 8.19. The van der Waals surface area contributed by atoms with Gasteiger partial charge in [0.1, 0.15) is 0 Å². The first-order chi connectivity index (χ1) is 11.5. The second-order valence-corrected chi connectivity index (χ2v) is 6.53.